The number of esters is 1. The van der Waals surface area contributed by atoms with Crippen molar-refractivity contribution in [3.05, 3.63) is 35.9 Å². The van der Waals surface area contributed by atoms with Crippen molar-refractivity contribution in [3.63, 3.8) is 0 Å². The zero-order valence-corrected chi connectivity index (χ0v) is 9.69. The van der Waals surface area contributed by atoms with Crippen LogP contribution in [-0.4, -0.2) is 12.1 Å². The third-order valence-corrected chi connectivity index (χ3v) is 3.25. The SMILES string of the molecule is CC(=O)O[C@@H]1CCCC[C@H]1c1ccccc1. The minimum atomic E-state index is -0.159. The molecule has 1 aliphatic carbocycles. The van der Waals surface area contributed by atoms with Gasteiger partial charge in [-0.1, -0.05) is 36.8 Å². The Balaban J connectivity index is 2.13. The van der Waals surface area contributed by atoms with Crippen molar-refractivity contribution in [3.8, 4) is 0 Å². The first-order chi connectivity index (χ1) is 7.77. The number of ether oxygens (including phenoxy) is 1. The average molecular weight is 218 g/mol. The molecule has 2 nitrogen and oxygen atoms in total. The summed E-state index contributed by atoms with van der Waals surface area (Å²) in [5.41, 5.74) is 1.30. The van der Waals surface area contributed by atoms with Crippen molar-refractivity contribution in [1.29, 1.82) is 0 Å². The van der Waals surface area contributed by atoms with Gasteiger partial charge >= 0.3 is 5.97 Å². The quantitative estimate of drug-likeness (QED) is 0.712. The molecule has 86 valence electrons. The lowest BCUT2D eigenvalue weighted by atomic mass is 9.81. The maximum atomic E-state index is 11.1. The Morgan fingerprint density at radius 2 is 1.88 bits per heavy atom. The highest BCUT2D eigenvalue weighted by molar-refractivity contribution is 5.66. The van der Waals surface area contributed by atoms with E-state index < -0.39 is 0 Å². The predicted molar refractivity (Wildman–Crippen MR) is 63.2 cm³/mol. The summed E-state index contributed by atoms with van der Waals surface area (Å²) in [7, 11) is 0. The van der Waals surface area contributed by atoms with Gasteiger partial charge in [-0.25, -0.2) is 0 Å². The lowest BCUT2D eigenvalue weighted by Crippen LogP contribution is -2.27. The fourth-order valence-corrected chi connectivity index (χ4v) is 2.53. The van der Waals surface area contributed by atoms with E-state index in [1.807, 2.05) is 6.07 Å². The molecule has 0 radical (unpaired) electrons. The lowest BCUT2D eigenvalue weighted by molar-refractivity contribution is -0.148. The molecule has 0 aliphatic heterocycles. The number of carbonyl (C=O) groups is 1. The number of rotatable bonds is 2. The van der Waals surface area contributed by atoms with Gasteiger partial charge in [-0.3, -0.25) is 4.79 Å². The van der Waals surface area contributed by atoms with Gasteiger partial charge in [0.25, 0.3) is 0 Å². The summed E-state index contributed by atoms with van der Waals surface area (Å²) in [6, 6.07) is 10.4. The van der Waals surface area contributed by atoms with E-state index in [-0.39, 0.29) is 12.1 Å². The molecule has 1 saturated carbocycles. The minimum Gasteiger partial charge on any atom is -0.462 e. The molecule has 0 unspecified atom stereocenters. The predicted octanol–water partition coefficient (Wildman–Crippen LogP) is 3.28. The van der Waals surface area contributed by atoms with E-state index in [9.17, 15) is 4.79 Å². The molecule has 2 heteroatoms. The molecule has 0 bridgehead atoms. The Bertz CT molecular complexity index is 345. The molecule has 16 heavy (non-hydrogen) atoms. The van der Waals surface area contributed by atoms with E-state index in [0.29, 0.717) is 5.92 Å². The van der Waals surface area contributed by atoms with Gasteiger partial charge in [0.15, 0.2) is 0 Å². The van der Waals surface area contributed by atoms with Crippen molar-refractivity contribution in [2.24, 2.45) is 0 Å². The number of hydrogen-bond donors (Lipinski definition) is 0. The van der Waals surface area contributed by atoms with Crippen molar-refractivity contribution in [2.75, 3.05) is 0 Å². The molecule has 1 aromatic rings. The summed E-state index contributed by atoms with van der Waals surface area (Å²) in [6.07, 6.45) is 4.60. The van der Waals surface area contributed by atoms with Crippen LogP contribution < -0.4 is 0 Å². The lowest BCUT2D eigenvalue weighted by Gasteiger charge is -2.31. The molecule has 0 N–H and O–H groups in total. The fraction of sp³-hybridized carbons (Fsp3) is 0.500. The number of carbonyl (C=O) groups excluding carboxylic acids is 1. The van der Waals surface area contributed by atoms with Crippen LogP contribution in [0.3, 0.4) is 0 Å². The zero-order chi connectivity index (χ0) is 11.4. The van der Waals surface area contributed by atoms with Crippen molar-refractivity contribution in [1.82, 2.24) is 0 Å². The fourth-order valence-electron chi connectivity index (χ4n) is 2.53. The molecular weight excluding hydrogens is 200 g/mol. The molecule has 0 saturated heterocycles. The Morgan fingerprint density at radius 3 is 2.56 bits per heavy atom. The van der Waals surface area contributed by atoms with Crippen molar-refractivity contribution in [2.45, 2.75) is 44.6 Å². The van der Waals surface area contributed by atoms with Gasteiger partial charge in [-0.15, -0.1) is 0 Å². The monoisotopic (exact) mass is 218 g/mol. The van der Waals surface area contributed by atoms with E-state index in [1.165, 1.54) is 25.3 Å². The van der Waals surface area contributed by atoms with Gasteiger partial charge < -0.3 is 4.74 Å². The first-order valence-electron chi connectivity index (χ1n) is 5.99. The maximum absolute atomic E-state index is 11.1. The molecule has 0 spiro atoms. The average Bonchev–Trinajstić information content (AvgIpc) is 2.30. The van der Waals surface area contributed by atoms with E-state index >= 15 is 0 Å². The summed E-state index contributed by atoms with van der Waals surface area (Å²) < 4.78 is 5.42. The van der Waals surface area contributed by atoms with E-state index in [1.54, 1.807) is 0 Å². The normalized spacial score (nSPS) is 25.1. The Hall–Kier alpha value is -1.31. The van der Waals surface area contributed by atoms with E-state index in [2.05, 4.69) is 24.3 Å². The third kappa shape index (κ3) is 2.63. The van der Waals surface area contributed by atoms with Crippen LogP contribution in [0.2, 0.25) is 0 Å². The second-order valence-electron chi connectivity index (χ2n) is 4.45. The zero-order valence-electron chi connectivity index (χ0n) is 9.69. The molecule has 0 aromatic heterocycles. The Morgan fingerprint density at radius 1 is 1.19 bits per heavy atom. The highest BCUT2D eigenvalue weighted by Crippen LogP contribution is 2.34. The molecule has 1 fully saturated rings. The molecule has 2 rings (SSSR count). The van der Waals surface area contributed by atoms with E-state index in [4.69, 9.17) is 4.74 Å². The van der Waals surface area contributed by atoms with Crippen molar-refractivity contribution < 1.29 is 9.53 Å². The molecule has 0 amide bonds. The van der Waals surface area contributed by atoms with Crippen LogP contribution >= 0.6 is 0 Å². The van der Waals surface area contributed by atoms with Gasteiger partial charge in [0.05, 0.1) is 0 Å². The standard InChI is InChI=1S/C14H18O2/c1-11(15)16-14-10-6-5-9-13(14)12-7-3-2-4-8-12/h2-4,7-8,13-14H,5-6,9-10H2,1H3/t13-,14+/m0/s1. The Labute approximate surface area is 96.6 Å². The first kappa shape index (κ1) is 11.2. The van der Waals surface area contributed by atoms with Crippen LogP contribution in [0.4, 0.5) is 0 Å². The number of hydrogen-bond acceptors (Lipinski definition) is 2. The summed E-state index contributed by atoms with van der Waals surface area (Å²) in [5.74, 6) is 0.228. The summed E-state index contributed by atoms with van der Waals surface area (Å²) in [6.45, 7) is 1.50. The third-order valence-electron chi connectivity index (χ3n) is 3.25. The molecule has 2 atom stereocenters. The second-order valence-corrected chi connectivity index (χ2v) is 4.45. The van der Waals surface area contributed by atoms with E-state index in [0.717, 1.165) is 12.8 Å². The maximum Gasteiger partial charge on any atom is 0.302 e. The van der Waals surface area contributed by atoms with Crippen LogP contribution in [0, 0.1) is 0 Å². The van der Waals surface area contributed by atoms with Crippen LogP contribution in [0.25, 0.3) is 0 Å². The summed E-state index contributed by atoms with van der Waals surface area (Å²) in [4.78, 5) is 11.1. The van der Waals surface area contributed by atoms with Crippen molar-refractivity contribution >= 4 is 5.97 Å². The second kappa shape index (κ2) is 5.15. The van der Waals surface area contributed by atoms with Gasteiger partial charge in [0.1, 0.15) is 6.10 Å². The summed E-state index contributed by atoms with van der Waals surface area (Å²) >= 11 is 0. The smallest absolute Gasteiger partial charge is 0.302 e. The molecule has 1 aliphatic rings. The van der Waals surface area contributed by atoms with Gasteiger partial charge in [-0.2, -0.15) is 0 Å². The highest BCUT2D eigenvalue weighted by Gasteiger charge is 2.28. The van der Waals surface area contributed by atoms with Crippen LogP contribution in [-0.2, 0) is 9.53 Å². The summed E-state index contributed by atoms with van der Waals surface area (Å²) in [5, 5.41) is 0. The van der Waals surface area contributed by atoms with Gasteiger partial charge in [0, 0.05) is 12.8 Å². The molecule has 1 aromatic carbocycles. The molecular formula is C14H18O2. The largest absolute Gasteiger partial charge is 0.462 e. The molecule has 0 heterocycles. The van der Waals surface area contributed by atoms with Crippen LogP contribution in [0.5, 0.6) is 0 Å². The van der Waals surface area contributed by atoms with Crippen LogP contribution in [0.15, 0.2) is 30.3 Å². The van der Waals surface area contributed by atoms with Gasteiger partial charge in [0.2, 0.25) is 0 Å². The highest BCUT2D eigenvalue weighted by atomic mass is 16.5. The number of benzene rings is 1. The van der Waals surface area contributed by atoms with Crippen LogP contribution in [0.1, 0.15) is 44.1 Å². The van der Waals surface area contributed by atoms with Gasteiger partial charge in [-0.05, 0) is 24.8 Å². The minimum absolute atomic E-state index is 0.0775. The Kier molecular flexibility index (Phi) is 3.60. The topological polar surface area (TPSA) is 26.3 Å². The first-order valence-corrected chi connectivity index (χ1v) is 5.99.